The summed E-state index contributed by atoms with van der Waals surface area (Å²) < 4.78 is 5.84. The molecular formula is C16H20N2O. The van der Waals surface area contributed by atoms with Gasteiger partial charge in [-0.05, 0) is 36.8 Å². The number of ether oxygens (including phenoxy) is 1. The van der Waals surface area contributed by atoms with Gasteiger partial charge in [-0.3, -0.25) is 0 Å². The van der Waals surface area contributed by atoms with E-state index in [0.29, 0.717) is 0 Å². The molecular weight excluding hydrogens is 236 g/mol. The van der Waals surface area contributed by atoms with Crippen molar-refractivity contribution in [1.82, 2.24) is 0 Å². The molecule has 0 aliphatic rings. The standard InChI is InChI=1S/C16H20N2O/c1-12(17)13-7-9-15(10-8-13)19-16-6-4-5-14(11-16)18(2)3/h4-12H,17H2,1-3H3/t12-/m1/s1. The van der Waals surface area contributed by atoms with Crippen LogP contribution in [0.5, 0.6) is 11.5 Å². The Morgan fingerprint density at radius 3 is 2.26 bits per heavy atom. The number of hydrogen-bond acceptors (Lipinski definition) is 3. The van der Waals surface area contributed by atoms with Gasteiger partial charge < -0.3 is 15.4 Å². The van der Waals surface area contributed by atoms with Crippen LogP contribution >= 0.6 is 0 Å². The topological polar surface area (TPSA) is 38.5 Å². The molecule has 3 heteroatoms. The lowest BCUT2D eigenvalue weighted by Crippen LogP contribution is -2.08. The Morgan fingerprint density at radius 2 is 1.68 bits per heavy atom. The average Bonchev–Trinajstić information content (AvgIpc) is 2.39. The molecule has 0 unspecified atom stereocenters. The molecule has 0 aliphatic carbocycles. The van der Waals surface area contributed by atoms with Gasteiger partial charge in [-0.2, -0.15) is 0 Å². The van der Waals surface area contributed by atoms with E-state index in [1.807, 2.05) is 74.4 Å². The van der Waals surface area contributed by atoms with Crippen molar-refractivity contribution in [3.63, 3.8) is 0 Å². The molecule has 0 bridgehead atoms. The second-order valence-corrected chi connectivity index (χ2v) is 4.85. The van der Waals surface area contributed by atoms with E-state index in [4.69, 9.17) is 10.5 Å². The van der Waals surface area contributed by atoms with Gasteiger partial charge in [0.1, 0.15) is 11.5 Å². The smallest absolute Gasteiger partial charge is 0.129 e. The van der Waals surface area contributed by atoms with Crippen LogP contribution in [0.1, 0.15) is 18.5 Å². The van der Waals surface area contributed by atoms with Crippen LogP contribution in [0.25, 0.3) is 0 Å². The third-order valence-corrected chi connectivity index (χ3v) is 2.98. The number of rotatable bonds is 4. The van der Waals surface area contributed by atoms with Crippen molar-refractivity contribution >= 4 is 5.69 Å². The molecule has 2 N–H and O–H groups in total. The van der Waals surface area contributed by atoms with Gasteiger partial charge in [0.05, 0.1) is 0 Å². The number of benzene rings is 2. The fourth-order valence-electron chi connectivity index (χ4n) is 1.80. The summed E-state index contributed by atoms with van der Waals surface area (Å²) in [5, 5.41) is 0. The Balaban J connectivity index is 2.14. The first-order valence-electron chi connectivity index (χ1n) is 6.37. The Labute approximate surface area is 114 Å². The van der Waals surface area contributed by atoms with Crippen molar-refractivity contribution in [2.24, 2.45) is 5.73 Å². The maximum atomic E-state index is 5.84. The van der Waals surface area contributed by atoms with Crippen LogP contribution in [0.15, 0.2) is 48.5 Å². The second-order valence-electron chi connectivity index (χ2n) is 4.85. The second kappa shape index (κ2) is 5.76. The van der Waals surface area contributed by atoms with Crippen LogP contribution in [-0.4, -0.2) is 14.1 Å². The molecule has 0 amide bonds. The highest BCUT2D eigenvalue weighted by atomic mass is 16.5. The maximum absolute atomic E-state index is 5.84. The third-order valence-electron chi connectivity index (χ3n) is 2.98. The molecule has 2 aromatic carbocycles. The maximum Gasteiger partial charge on any atom is 0.129 e. The van der Waals surface area contributed by atoms with Crippen molar-refractivity contribution in [2.45, 2.75) is 13.0 Å². The molecule has 3 nitrogen and oxygen atoms in total. The zero-order chi connectivity index (χ0) is 13.8. The Hall–Kier alpha value is -2.00. The minimum atomic E-state index is 0.0473. The summed E-state index contributed by atoms with van der Waals surface area (Å²) in [5.74, 6) is 1.65. The van der Waals surface area contributed by atoms with E-state index in [9.17, 15) is 0 Å². The monoisotopic (exact) mass is 256 g/mol. The first kappa shape index (κ1) is 13.4. The number of anilines is 1. The minimum Gasteiger partial charge on any atom is -0.457 e. The van der Waals surface area contributed by atoms with Crippen LogP contribution < -0.4 is 15.4 Å². The van der Waals surface area contributed by atoms with Gasteiger partial charge in [0.25, 0.3) is 0 Å². The van der Waals surface area contributed by atoms with E-state index in [1.54, 1.807) is 0 Å². The van der Waals surface area contributed by atoms with Crippen LogP contribution in [0.4, 0.5) is 5.69 Å². The molecule has 2 rings (SSSR count). The van der Waals surface area contributed by atoms with Gasteiger partial charge in [-0.25, -0.2) is 0 Å². The lowest BCUT2D eigenvalue weighted by Gasteiger charge is -2.14. The minimum absolute atomic E-state index is 0.0473. The Bertz CT molecular complexity index is 533. The molecule has 0 saturated heterocycles. The van der Waals surface area contributed by atoms with Crippen LogP contribution in [0.3, 0.4) is 0 Å². The number of hydrogen-bond donors (Lipinski definition) is 1. The Kier molecular flexibility index (Phi) is 4.07. The molecule has 0 radical (unpaired) electrons. The summed E-state index contributed by atoms with van der Waals surface area (Å²) in [5.41, 5.74) is 8.04. The van der Waals surface area contributed by atoms with Crippen LogP contribution in [0, 0.1) is 0 Å². The molecule has 0 spiro atoms. The van der Waals surface area contributed by atoms with Crippen molar-refractivity contribution in [3.05, 3.63) is 54.1 Å². The normalized spacial score (nSPS) is 12.0. The first-order valence-corrected chi connectivity index (χ1v) is 6.37. The van der Waals surface area contributed by atoms with Crippen molar-refractivity contribution in [1.29, 1.82) is 0 Å². The van der Waals surface area contributed by atoms with Gasteiger partial charge in [0.15, 0.2) is 0 Å². The summed E-state index contributed by atoms with van der Waals surface area (Å²) >= 11 is 0. The summed E-state index contributed by atoms with van der Waals surface area (Å²) in [4.78, 5) is 2.05. The predicted octanol–water partition coefficient (Wildman–Crippen LogP) is 3.56. The van der Waals surface area contributed by atoms with E-state index in [-0.39, 0.29) is 6.04 Å². The molecule has 1 atom stereocenters. The molecule has 0 aromatic heterocycles. The summed E-state index contributed by atoms with van der Waals surface area (Å²) in [7, 11) is 4.02. The first-order chi connectivity index (χ1) is 9.06. The zero-order valence-corrected chi connectivity index (χ0v) is 11.6. The average molecular weight is 256 g/mol. The van der Waals surface area contributed by atoms with Gasteiger partial charge in [0.2, 0.25) is 0 Å². The lowest BCUT2D eigenvalue weighted by molar-refractivity contribution is 0.482. The number of nitrogens with zero attached hydrogens (tertiary/aromatic N) is 1. The molecule has 0 heterocycles. The zero-order valence-electron chi connectivity index (χ0n) is 11.6. The summed E-state index contributed by atoms with van der Waals surface area (Å²) in [6.07, 6.45) is 0. The van der Waals surface area contributed by atoms with E-state index in [2.05, 4.69) is 0 Å². The quantitative estimate of drug-likeness (QED) is 0.909. The largest absolute Gasteiger partial charge is 0.457 e. The highest BCUT2D eigenvalue weighted by Gasteiger charge is 2.02. The fourth-order valence-corrected chi connectivity index (χ4v) is 1.80. The summed E-state index contributed by atoms with van der Waals surface area (Å²) in [6.45, 7) is 1.97. The van der Waals surface area contributed by atoms with Crippen molar-refractivity contribution < 1.29 is 4.74 Å². The van der Waals surface area contributed by atoms with E-state index < -0.39 is 0 Å². The molecule has 2 aromatic rings. The third kappa shape index (κ3) is 3.48. The molecule has 0 aliphatic heterocycles. The van der Waals surface area contributed by atoms with Gasteiger partial charge >= 0.3 is 0 Å². The molecule has 0 saturated carbocycles. The van der Waals surface area contributed by atoms with E-state index in [0.717, 1.165) is 22.7 Å². The summed E-state index contributed by atoms with van der Waals surface area (Å²) in [6, 6.07) is 15.9. The molecule has 0 fully saturated rings. The van der Waals surface area contributed by atoms with E-state index >= 15 is 0 Å². The van der Waals surface area contributed by atoms with Crippen LogP contribution in [0.2, 0.25) is 0 Å². The van der Waals surface area contributed by atoms with Crippen molar-refractivity contribution in [3.8, 4) is 11.5 Å². The van der Waals surface area contributed by atoms with Gasteiger partial charge in [0, 0.05) is 31.9 Å². The molecule has 100 valence electrons. The fraction of sp³-hybridized carbons (Fsp3) is 0.250. The number of nitrogens with two attached hydrogens (primary N) is 1. The van der Waals surface area contributed by atoms with Crippen LogP contribution in [-0.2, 0) is 0 Å². The van der Waals surface area contributed by atoms with Crippen molar-refractivity contribution in [2.75, 3.05) is 19.0 Å². The predicted molar refractivity (Wildman–Crippen MR) is 79.9 cm³/mol. The molecule has 19 heavy (non-hydrogen) atoms. The lowest BCUT2D eigenvalue weighted by atomic mass is 10.1. The van der Waals surface area contributed by atoms with E-state index in [1.165, 1.54) is 0 Å². The van der Waals surface area contributed by atoms with Gasteiger partial charge in [-0.1, -0.05) is 18.2 Å². The SMILES string of the molecule is C[C@@H](N)c1ccc(Oc2cccc(N(C)C)c2)cc1. The highest BCUT2D eigenvalue weighted by Crippen LogP contribution is 2.26. The highest BCUT2D eigenvalue weighted by molar-refractivity contribution is 5.50. The Morgan fingerprint density at radius 1 is 1.00 bits per heavy atom. The van der Waals surface area contributed by atoms with Gasteiger partial charge in [-0.15, -0.1) is 0 Å².